The predicted molar refractivity (Wildman–Crippen MR) is 156 cm³/mol. The van der Waals surface area contributed by atoms with E-state index in [0.29, 0.717) is 38.1 Å². The number of anilines is 1. The van der Waals surface area contributed by atoms with Gasteiger partial charge in [-0.05, 0) is 85.4 Å². The lowest BCUT2D eigenvalue weighted by molar-refractivity contribution is -0.144. The second-order valence-corrected chi connectivity index (χ2v) is 12.1. The van der Waals surface area contributed by atoms with Crippen molar-refractivity contribution in [2.45, 2.75) is 58.2 Å². The molecule has 0 unspecified atom stereocenters. The second-order valence-electron chi connectivity index (χ2n) is 12.1. The molecule has 0 radical (unpaired) electrons. The first-order valence-corrected chi connectivity index (χ1v) is 15.0. The van der Waals surface area contributed by atoms with E-state index in [1.165, 1.54) is 22.3 Å². The van der Waals surface area contributed by atoms with Crippen molar-refractivity contribution in [3.05, 3.63) is 70.9 Å². The van der Waals surface area contributed by atoms with Crippen LogP contribution in [0.5, 0.6) is 5.75 Å². The Bertz CT molecular complexity index is 1450. The van der Waals surface area contributed by atoms with Crippen molar-refractivity contribution < 1.29 is 19.4 Å². The van der Waals surface area contributed by atoms with Gasteiger partial charge in [-0.3, -0.25) is 9.69 Å². The van der Waals surface area contributed by atoms with Gasteiger partial charge in [0.15, 0.2) is 0 Å². The Balaban J connectivity index is 1.05. The lowest BCUT2D eigenvalue weighted by Gasteiger charge is -2.38. The number of benzene rings is 2. The van der Waals surface area contributed by atoms with Crippen molar-refractivity contribution >= 4 is 11.9 Å². The number of carbonyl (C=O) groups is 1. The fourth-order valence-corrected chi connectivity index (χ4v) is 7.21. The number of aliphatic carboxylic acids is 1. The maximum absolute atomic E-state index is 11.7. The monoisotopic (exact) mass is 554 g/mol. The molecule has 0 amide bonds. The van der Waals surface area contributed by atoms with Crippen LogP contribution in [0.3, 0.4) is 0 Å². The molecule has 2 saturated heterocycles. The number of aromatic nitrogens is 2. The normalized spacial score (nSPS) is 24.4. The number of carboxylic acids is 1. The maximum atomic E-state index is 11.7. The molecule has 0 spiro atoms. The topological polar surface area (TPSA) is 88.0 Å². The standard InChI is InChI=1S/C33H38N4O4/c1-22-24(7-6-23-19-36(14-9-27(22)23)26-10-16-40-17-11-26)21-41-30-5-3-2-4-28(30)29-8-13-34-32(35-29)37-15-12-33(31(38)39)18-25(33)20-37/h2-8,13,25-26H,9-12,14-21H2,1H3,(H,38,39)/t25-,33+/m0/s1. The van der Waals surface area contributed by atoms with Crippen LogP contribution in [0.25, 0.3) is 11.3 Å². The summed E-state index contributed by atoms with van der Waals surface area (Å²) in [6, 6.07) is 15.1. The molecule has 1 saturated carbocycles. The molecule has 2 aromatic carbocycles. The third kappa shape index (κ3) is 4.97. The van der Waals surface area contributed by atoms with Crippen LogP contribution in [-0.2, 0) is 29.1 Å². The van der Waals surface area contributed by atoms with Crippen molar-refractivity contribution in [2.75, 3.05) is 37.7 Å². The number of hydrogen-bond acceptors (Lipinski definition) is 7. The summed E-state index contributed by atoms with van der Waals surface area (Å²) in [4.78, 5) is 25.9. The van der Waals surface area contributed by atoms with E-state index in [4.69, 9.17) is 14.5 Å². The van der Waals surface area contributed by atoms with E-state index >= 15 is 0 Å². The van der Waals surface area contributed by atoms with E-state index in [1.54, 1.807) is 6.20 Å². The Morgan fingerprint density at radius 3 is 2.83 bits per heavy atom. The molecule has 8 nitrogen and oxygen atoms in total. The zero-order chi connectivity index (χ0) is 28.0. The minimum absolute atomic E-state index is 0.182. The van der Waals surface area contributed by atoms with Gasteiger partial charge in [0.05, 0.1) is 11.1 Å². The van der Waals surface area contributed by atoms with Gasteiger partial charge in [-0.15, -0.1) is 0 Å². The Kier molecular flexibility index (Phi) is 6.91. The van der Waals surface area contributed by atoms with Gasteiger partial charge in [0, 0.05) is 57.2 Å². The van der Waals surface area contributed by atoms with Crippen LogP contribution < -0.4 is 9.64 Å². The van der Waals surface area contributed by atoms with Gasteiger partial charge in [0.2, 0.25) is 5.95 Å². The number of carboxylic acid groups (broad SMARTS) is 1. The largest absolute Gasteiger partial charge is 0.488 e. The summed E-state index contributed by atoms with van der Waals surface area (Å²) in [5, 5.41) is 9.62. The van der Waals surface area contributed by atoms with Crippen LogP contribution in [0.15, 0.2) is 48.7 Å². The molecule has 4 heterocycles. The number of rotatable bonds is 7. The molecule has 41 heavy (non-hydrogen) atoms. The summed E-state index contributed by atoms with van der Waals surface area (Å²) >= 11 is 0. The molecule has 3 aromatic rings. The lowest BCUT2D eigenvalue weighted by Crippen LogP contribution is -2.42. The molecule has 2 atom stereocenters. The SMILES string of the molecule is Cc1c(COc2ccccc2-c2ccnc(N3CC[C@@]4(C(=O)O)C[C@H]4C3)n2)ccc2c1CCN(C1CCOCC1)C2. The summed E-state index contributed by atoms with van der Waals surface area (Å²) in [5.41, 5.74) is 6.72. The highest BCUT2D eigenvalue weighted by Crippen LogP contribution is 2.58. The van der Waals surface area contributed by atoms with Gasteiger partial charge in [-0.2, -0.15) is 0 Å². The van der Waals surface area contributed by atoms with E-state index in [2.05, 4.69) is 33.8 Å². The number of para-hydroxylation sites is 1. The van der Waals surface area contributed by atoms with Crippen LogP contribution in [-0.4, -0.2) is 64.8 Å². The Morgan fingerprint density at radius 1 is 1.15 bits per heavy atom. The molecule has 4 aliphatic rings. The van der Waals surface area contributed by atoms with Gasteiger partial charge in [-0.25, -0.2) is 9.97 Å². The predicted octanol–water partition coefficient (Wildman–Crippen LogP) is 4.87. The molecule has 1 N–H and O–H groups in total. The molecular formula is C33H38N4O4. The molecule has 214 valence electrons. The van der Waals surface area contributed by atoms with Crippen LogP contribution in [0.4, 0.5) is 5.95 Å². The molecule has 0 bridgehead atoms. The van der Waals surface area contributed by atoms with Crippen molar-refractivity contribution in [3.8, 4) is 17.0 Å². The van der Waals surface area contributed by atoms with E-state index in [1.807, 2.05) is 30.3 Å². The first-order chi connectivity index (χ1) is 20.0. The zero-order valence-corrected chi connectivity index (χ0v) is 23.7. The summed E-state index contributed by atoms with van der Waals surface area (Å²) in [6.45, 7) is 7.99. The number of hydrogen-bond donors (Lipinski definition) is 1. The van der Waals surface area contributed by atoms with Gasteiger partial charge in [0.25, 0.3) is 0 Å². The highest BCUT2D eigenvalue weighted by Gasteiger charge is 2.62. The van der Waals surface area contributed by atoms with Gasteiger partial charge in [0.1, 0.15) is 12.4 Å². The third-order valence-electron chi connectivity index (χ3n) is 9.94. The second kappa shape index (κ2) is 10.7. The first kappa shape index (κ1) is 26.4. The zero-order valence-electron chi connectivity index (χ0n) is 23.7. The average Bonchev–Trinajstić information content (AvgIpc) is 3.77. The number of fused-ring (bicyclic) bond motifs is 2. The minimum Gasteiger partial charge on any atom is -0.488 e. The number of piperidine rings is 1. The van der Waals surface area contributed by atoms with Gasteiger partial charge < -0.3 is 19.5 Å². The van der Waals surface area contributed by atoms with Crippen LogP contribution in [0.1, 0.15) is 47.9 Å². The fourth-order valence-electron chi connectivity index (χ4n) is 7.21. The van der Waals surface area contributed by atoms with Crippen LogP contribution in [0, 0.1) is 18.3 Å². The Morgan fingerprint density at radius 2 is 2.00 bits per heavy atom. The van der Waals surface area contributed by atoms with Crippen molar-refractivity contribution in [1.82, 2.24) is 14.9 Å². The number of nitrogens with zero attached hydrogens (tertiary/aromatic N) is 4. The van der Waals surface area contributed by atoms with E-state index < -0.39 is 11.4 Å². The average molecular weight is 555 g/mol. The summed E-state index contributed by atoms with van der Waals surface area (Å²) in [7, 11) is 0. The first-order valence-electron chi connectivity index (χ1n) is 15.0. The smallest absolute Gasteiger partial charge is 0.310 e. The maximum Gasteiger partial charge on any atom is 0.310 e. The molecule has 3 aliphatic heterocycles. The van der Waals surface area contributed by atoms with Crippen LogP contribution >= 0.6 is 0 Å². The van der Waals surface area contributed by atoms with Gasteiger partial charge in [-0.1, -0.05) is 24.3 Å². The van der Waals surface area contributed by atoms with E-state index in [0.717, 1.165) is 69.0 Å². The van der Waals surface area contributed by atoms with Crippen molar-refractivity contribution in [2.24, 2.45) is 11.3 Å². The number of ether oxygens (including phenoxy) is 2. The molecule has 1 aliphatic carbocycles. The van der Waals surface area contributed by atoms with Gasteiger partial charge >= 0.3 is 5.97 Å². The summed E-state index contributed by atoms with van der Waals surface area (Å²) < 4.78 is 12.0. The minimum atomic E-state index is -0.658. The molecule has 8 heteroatoms. The molecular weight excluding hydrogens is 516 g/mol. The highest BCUT2D eigenvalue weighted by molar-refractivity contribution is 5.79. The quantitative estimate of drug-likeness (QED) is 0.443. The summed E-state index contributed by atoms with van der Waals surface area (Å²) in [6.07, 6.45) is 6.55. The van der Waals surface area contributed by atoms with Crippen LogP contribution in [0.2, 0.25) is 0 Å². The lowest BCUT2D eigenvalue weighted by atomic mass is 9.90. The Hall–Kier alpha value is -3.49. The van der Waals surface area contributed by atoms with E-state index in [-0.39, 0.29) is 5.92 Å². The molecule has 7 rings (SSSR count). The summed E-state index contributed by atoms with van der Waals surface area (Å²) in [5.74, 6) is 0.977. The van der Waals surface area contributed by atoms with E-state index in [9.17, 15) is 9.90 Å². The highest BCUT2D eigenvalue weighted by atomic mass is 16.5. The third-order valence-corrected chi connectivity index (χ3v) is 9.94. The molecule has 1 aromatic heterocycles. The fraction of sp³-hybridized carbons (Fsp3) is 0.485. The molecule has 3 fully saturated rings. The van der Waals surface area contributed by atoms with Crippen molar-refractivity contribution in [3.63, 3.8) is 0 Å². The Labute approximate surface area is 241 Å². The van der Waals surface area contributed by atoms with Crippen molar-refractivity contribution in [1.29, 1.82) is 0 Å².